The summed E-state index contributed by atoms with van der Waals surface area (Å²) in [4.78, 5) is 2.51. The molecule has 1 aromatic heterocycles. The summed E-state index contributed by atoms with van der Waals surface area (Å²) in [6.07, 6.45) is 3.50. The molecular formula is C13H24N4O3S. The van der Waals surface area contributed by atoms with Crippen LogP contribution < -0.4 is 0 Å². The predicted molar refractivity (Wildman–Crippen MR) is 79.4 cm³/mol. The Morgan fingerprint density at radius 3 is 2.81 bits per heavy atom. The van der Waals surface area contributed by atoms with Crippen LogP contribution in [0.4, 0.5) is 0 Å². The van der Waals surface area contributed by atoms with Gasteiger partial charge in [0.15, 0.2) is 0 Å². The predicted octanol–water partition coefficient (Wildman–Crippen LogP) is -0.0198. The highest BCUT2D eigenvalue weighted by molar-refractivity contribution is 7.89. The van der Waals surface area contributed by atoms with E-state index in [1.807, 2.05) is 0 Å². The molecule has 1 saturated heterocycles. The van der Waals surface area contributed by atoms with Gasteiger partial charge in [-0.3, -0.25) is 9.58 Å². The van der Waals surface area contributed by atoms with E-state index < -0.39 is 10.0 Å². The topological polar surface area (TPSA) is 78.7 Å². The largest absolute Gasteiger partial charge is 0.396 e. The van der Waals surface area contributed by atoms with E-state index in [4.69, 9.17) is 5.11 Å². The molecule has 2 heterocycles. The fourth-order valence-corrected chi connectivity index (χ4v) is 4.10. The minimum atomic E-state index is -3.47. The number of hydrogen-bond acceptors (Lipinski definition) is 5. The molecule has 21 heavy (non-hydrogen) atoms. The van der Waals surface area contributed by atoms with Crippen LogP contribution in [0.1, 0.15) is 20.3 Å². The monoisotopic (exact) mass is 316 g/mol. The third-order valence-corrected chi connectivity index (χ3v) is 5.74. The fraction of sp³-hybridized carbons (Fsp3) is 0.769. The van der Waals surface area contributed by atoms with Gasteiger partial charge in [0.05, 0.1) is 6.20 Å². The number of rotatable bonds is 6. The molecule has 0 radical (unpaired) electrons. The van der Waals surface area contributed by atoms with Crippen molar-refractivity contribution in [3.05, 3.63) is 12.4 Å². The number of piperazine rings is 1. The first kappa shape index (κ1) is 16.4. The Morgan fingerprint density at radius 2 is 2.19 bits per heavy atom. The minimum Gasteiger partial charge on any atom is -0.396 e. The zero-order valence-corrected chi connectivity index (χ0v) is 13.5. The second-order valence-electron chi connectivity index (χ2n) is 5.36. The molecule has 0 amide bonds. The zero-order valence-electron chi connectivity index (χ0n) is 12.6. The molecule has 1 atom stereocenters. The summed E-state index contributed by atoms with van der Waals surface area (Å²) in [6.45, 7) is 7.45. The van der Waals surface area contributed by atoms with Crippen molar-refractivity contribution in [2.45, 2.75) is 37.8 Å². The van der Waals surface area contributed by atoms with Crippen molar-refractivity contribution < 1.29 is 13.5 Å². The molecular weight excluding hydrogens is 292 g/mol. The van der Waals surface area contributed by atoms with E-state index in [2.05, 4.69) is 23.8 Å². The van der Waals surface area contributed by atoms with Crippen LogP contribution in [0.3, 0.4) is 0 Å². The third kappa shape index (κ3) is 3.63. The summed E-state index contributed by atoms with van der Waals surface area (Å²) in [5.74, 6) is 0. The molecule has 0 aliphatic carbocycles. The zero-order chi connectivity index (χ0) is 15.5. The lowest BCUT2D eigenvalue weighted by molar-refractivity contribution is 0.135. The molecule has 1 N–H and O–H groups in total. The van der Waals surface area contributed by atoms with Gasteiger partial charge in [0.2, 0.25) is 10.0 Å². The highest BCUT2D eigenvalue weighted by Gasteiger charge is 2.32. The van der Waals surface area contributed by atoms with Gasteiger partial charge in [0.25, 0.3) is 0 Å². The summed E-state index contributed by atoms with van der Waals surface area (Å²) in [5, 5.41) is 12.9. The van der Waals surface area contributed by atoms with Crippen LogP contribution in [0.2, 0.25) is 0 Å². The van der Waals surface area contributed by atoms with E-state index in [-0.39, 0.29) is 17.5 Å². The lowest BCUT2D eigenvalue weighted by Gasteiger charge is -2.38. The molecule has 1 fully saturated rings. The van der Waals surface area contributed by atoms with Crippen LogP contribution in [0.5, 0.6) is 0 Å². The first-order valence-electron chi connectivity index (χ1n) is 7.36. The SMILES string of the molecule is CCN1CCN(S(=O)(=O)c2cnn(CCCO)c2)CC1C. The molecule has 0 aromatic carbocycles. The second-order valence-corrected chi connectivity index (χ2v) is 7.29. The third-order valence-electron chi connectivity index (χ3n) is 3.93. The van der Waals surface area contributed by atoms with Gasteiger partial charge in [-0.05, 0) is 19.9 Å². The summed E-state index contributed by atoms with van der Waals surface area (Å²) in [7, 11) is -3.47. The van der Waals surface area contributed by atoms with E-state index in [0.717, 1.165) is 13.1 Å². The average molecular weight is 316 g/mol. The average Bonchev–Trinajstić information content (AvgIpc) is 2.94. The molecule has 0 spiro atoms. The van der Waals surface area contributed by atoms with Crippen molar-refractivity contribution in [3.63, 3.8) is 0 Å². The molecule has 1 aliphatic rings. The van der Waals surface area contributed by atoms with Crippen LogP contribution >= 0.6 is 0 Å². The highest BCUT2D eigenvalue weighted by atomic mass is 32.2. The van der Waals surface area contributed by atoms with Gasteiger partial charge in [-0.25, -0.2) is 8.42 Å². The lowest BCUT2D eigenvalue weighted by Crippen LogP contribution is -2.53. The summed E-state index contributed by atoms with van der Waals surface area (Å²) in [6, 6.07) is 0.225. The van der Waals surface area contributed by atoms with Gasteiger partial charge >= 0.3 is 0 Å². The van der Waals surface area contributed by atoms with Gasteiger partial charge in [-0.2, -0.15) is 9.40 Å². The number of aliphatic hydroxyl groups is 1. The van der Waals surface area contributed by atoms with Crippen molar-refractivity contribution in [3.8, 4) is 0 Å². The van der Waals surface area contributed by atoms with Crippen LogP contribution in [0, 0.1) is 0 Å². The molecule has 0 bridgehead atoms. The maximum Gasteiger partial charge on any atom is 0.246 e. The maximum absolute atomic E-state index is 12.6. The van der Waals surface area contributed by atoms with E-state index in [1.165, 1.54) is 10.5 Å². The Hall–Kier alpha value is -0.960. The fourth-order valence-electron chi connectivity index (χ4n) is 2.63. The first-order valence-corrected chi connectivity index (χ1v) is 8.80. The number of aromatic nitrogens is 2. The Bertz CT molecular complexity index is 558. The van der Waals surface area contributed by atoms with Gasteiger partial charge in [-0.15, -0.1) is 0 Å². The number of likely N-dealkylation sites (N-methyl/N-ethyl adjacent to an activating group) is 1. The summed E-state index contributed by atoms with van der Waals surface area (Å²) < 4.78 is 28.3. The van der Waals surface area contributed by atoms with E-state index in [9.17, 15) is 8.42 Å². The van der Waals surface area contributed by atoms with Crippen molar-refractivity contribution in [2.75, 3.05) is 32.8 Å². The van der Waals surface area contributed by atoms with Gasteiger partial charge in [-0.1, -0.05) is 6.92 Å². The lowest BCUT2D eigenvalue weighted by atomic mass is 10.2. The molecule has 0 saturated carbocycles. The number of nitrogens with zero attached hydrogens (tertiary/aromatic N) is 4. The Kier molecular flexibility index (Phi) is 5.37. The minimum absolute atomic E-state index is 0.0679. The smallest absolute Gasteiger partial charge is 0.246 e. The molecule has 1 aliphatic heterocycles. The van der Waals surface area contributed by atoms with Crippen LogP contribution in [0.25, 0.3) is 0 Å². The van der Waals surface area contributed by atoms with Crippen molar-refractivity contribution in [2.24, 2.45) is 0 Å². The summed E-state index contributed by atoms with van der Waals surface area (Å²) in [5.41, 5.74) is 0. The number of sulfonamides is 1. The summed E-state index contributed by atoms with van der Waals surface area (Å²) >= 11 is 0. The molecule has 8 heteroatoms. The number of aryl methyl sites for hydroxylation is 1. The normalized spacial score (nSPS) is 21.8. The van der Waals surface area contributed by atoms with Gasteiger partial charge < -0.3 is 5.11 Å². The number of hydrogen-bond donors (Lipinski definition) is 1. The van der Waals surface area contributed by atoms with Crippen LogP contribution in [0.15, 0.2) is 17.3 Å². The standard InChI is InChI=1S/C13H24N4O3S/c1-3-15-6-7-17(10-12(15)2)21(19,20)13-9-14-16(11-13)5-4-8-18/h9,11-12,18H,3-8,10H2,1-2H3. The van der Waals surface area contributed by atoms with Gasteiger partial charge in [0, 0.05) is 45.0 Å². The van der Waals surface area contributed by atoms with Crippen molar-refractivity contribution in [1.82, 2.24) is 19.0 Å². The van der Waals surface area contributed by atoms with Gasteiger partial charge in [0.1, 0.15) is 4.90 Å². The highest BCUT2D eigenvalue weighted by Crippen LogP contribution is 2.19. The van der Waals surface area contributed by atoms with E-state index in [0.29, 0.717) is 26.1 Å². The second kappa shape index (κ2) is 6.87. The molecule has 1 aromatic rings. The first-order chi connectivity index (χ1) is 9.98. The quantitative estimate of drug-likeness (QED) is 0.798. The molecule has 2 rings (SSSR count). The van der Waals surface area contributed by atoms with Crippen LogP contribution in [-0.4, -0.2) is 71.3 Å². The molecule has 1 unspecified atom stereocenters. The molecule has 7 nitrogen and oxygen atoms in total. The Morgan fingerprint density at radius 1 is 1.43 bits per heavy atom. The van der Waals surface area contributed by atoms with E-state index >= 15 is 0 Å². The number of aliphatic hydroxyl groups excluding tert-OH is 1. The molecule has 120 valence electrons. The maximum atomic E-state index is 12.6. The van der Waals surface area contributed by atoms with Crippen LogP contribution in [-0.2, 0) is 16.6 Å². The Labute approximate surface area is 126 Å². The van der Waals surface area contributed by atoms with Crippen molar-refractivity contribution in [1.29, 1.82) is 0 Å². The Balaban J connectivity index is 2.09. The van der Waals surface area contributed by atoms with Crippen molar-refractivity contribution >= 4 is 10.0 Å². The van der Waals surface area contributed by atoms with E-state index in [1.54, 1.807) is 10.9 Å².